The van der Waals surface area contributed by atoms with Gasteiger partial charge >= 0.3 is 0 Å². The van der Waals surface area contributed by atoms with Crippen LogP contribution in [-0.4, -0.2) is 22.5 Å². The molecule has 0 aromatic carbocycles. The van der Waals surface area contributed by atoms with Gasteiger partial charge in [-0.2, -0.15) is 0 Å². The third-order valence-electron chi connectivity index (χ3n) is 3.63. The molecule has 100 valence electrons. The van der Waals surface area contributed by atoms with Gasteiger partial charge in [-0.25, -0.2) is 4.98 Å². The number of hydrogen-bond acceptors (Lipinski definition) is 3. The highest BCUT2D eigenvalue weighted by Gasteiger charge is 2.27. The van der Waals surface area contributed by atoms with Crippen LogP contribution in [0.4, 0.5) is 5.82 Å². The Balaban J connectivity index is 2.44. The molecule has 3 nitrogen and oxygen atoms in total. The van der Waals surface area contributed by atoms with E-state index in [2.05, 4.69) is 71.6 Å². The summed E-state index contributed by atoms with van der Waals surface area (Å²) >= 11 is 5.26. The van der Waals surface area contributed by atoms with Crippen molar-refractivity contribution in [3.05, 3.63) is 17.3 Å². The lowest BCUT2D eigenvalue weighted by Crippen LogP contribution is -2.40. The average molecular weight is 330 g/mol. The van der Waals surface area contributed by atoms with Crippen LogP contribution < -0.4 is 4.90 Å². The van der Waals surface area contributed by atoms with Gasteiger partial charge in [0, 0.05) is 30.0 Å². The van der Waals surface area contributed by atoms with Gasteiger partial charge in [0.25, 0.3) is 0 Å². The molecule has 0 N–H and O–H groups in total. The summed E-state index contributed by atoms with van der Waals surface area (Å²) in [4.78, 5) is 8.11. The number of thiazole rings is 1. The molecule has 0 saturated carbocycles. The normalized spacial score (nSPS) is 14.1. The van der Waals surface area contributed by atoms with E-state index in [9.17, 15) is 0 Å². The molecule has 0 bridgehead atoms. The zero-order chi connectivity index (χ0) is 13.5. The molecule has 0 aliphatic rings. The van der Waals surface area contributed by atoms with Gasteiger partial charge in [0.1, 0.15) is 0 Å². The lowest BCUT2D eigenvalue weighted by molar-refractivity contribution is 0.328. The second kappa shape index (κ2) is 4.85. The van der Waals surface area contributed by atoms with E-state index in [1.807, 2.05) is 0 Å². The number of nitrogens with zero attached hydrogens (tertiary/aromatic N) is 3. The maximum atomic E-state index is 4.76. The SMILES string of the molecule is CC(N(C)c1nc2sccn2c1CBr)C(C)(C)C. The number of aromatic nitrogens is 2. The van der Waals surface area contributed by atoms with E-state index in [4.69, 9.17) is 4.98 Å². The fraction of sp³-hybridized carbons (Fsp3) is 0.615. The number of anilines is 1. The van der Waals surface area contributed by atoms with Crippen LogP contribution in [0.15, 0.2) is 11.6 Å². The van der Waals surface area contributed by atoms with Gasteiger partial charge in [-0.3, -0.25) is 4.40 Å². The fourth-order valence-corrected chi connectivity index (χ4v) is 3.24. The van der Waals surface area contributed by atoms with Crippen molar-refractivity contribution in [1.29, 1.82) is 0 Å². The number of imidazole rings is 1. The van der Waals surface area contributed by atoms with Gasteiger partial charge in [0.05, 0.1) is 5.69 Å². The van der Waals surface area contributed by atoms with Gasteiger partial charge in [-0.1, -0.05) is 36.7 Å². The van der Waals surface area contributed by atoms with Crippen LogP contribution in [0.5, 0.6) is 0 Å². The molecular formula is C13H20BrN3S. The molecule has 0 fully saturated rings. The highest BCUT2D eigenvalue weighted by atomic mass is 79.9. The van der Waals surface area contributed by atoms with Crippen molar-refractivity contribution in [3.8, 4) is 0 Å². The van der Waals surface area contributed by atoms with Crippen LogP contribution >= 0.6 is 27.3 Å². The summed E-state index contributed by atoms with van der Waals surface area (Å²) in [5, 5.41) is 2.90. The molecule has 0 aliphatic heterocycles. The molecule has 18 heavy (non-hydrogen) atoms. The molecule has 2 aromatic rings. The predicted molar refractivity (Wildman–Crippen MR) is 83.0 cm³/mol. The molecule has 2 rings (SSSR count). The Bertz CT molecular complexity index is 538. The van der Waals surface area contributed by atoms with Crippen LogP contribution in [-0.2, 0) is 5.33 Å². The highest BCUT2D eigenvalue weighted by Crippen LogP contribution is 2.31. The van der Waals surface area contributed by atoms with E-state index in [1.165, 1.54) is 5.69 Å². The lowest BCUT2D eigenvalue weighted by Gasteiger charge is -2.36. The van der Waals surface area contributed by atoms with Gasteiger partial charge in [-0.15, -0.1) is 11.3 Å². The Morgan fingerprint density at radius 3 is 2.72 bits per heavy atom. The monoisotopic (exact) mass is 329 g/mol. The minimum absolute atomic E-state index is 0.232. The predicted octanol–water partition coefficient (Wildman–Crippen LogP) is 4.16. The van der Waals surface area contributed by atoms with Crippen molar-refractivity contribution >= 4 is 38.0 Å². The van der Waals surface area contributed by atoms with E-state index < -0.39 is 0 Å². The summed E-state index contributed by atoms with van der Waals surface area (Å²) < 4.78 is 2.17. The van der Waals surface area contributed by atoms with Crippen LogP contribution in [0.25, 0.3) is 4.96 Å². The van der Waals surface area contributed by atoms with E-state index in [0.717, 1.165) is 16.1 Å². The third kappa shape index (κ3) is 2.30. The summed E-state index contributed by atoms with van der Waals surface area (Å²) in [6.45, 7) is 9.05. The number of halogens is 1. The third-order valence-corrected chi connectivity index (χ3v) is 4.92. The maximum Gasteiger partial charge on any atom is 0.195 e. The molecule has 0 radical (unpaired) electrons. The summed E-state index contributed by atoms with van der Waals surface area (Å²) in [5.74, 6) is 1.08. The number of rotatable bonds is 3. The first kappa shape index (κ1) is 13.9. The van der Waals surface area contributed by atoms with Gasteiger partial charge in [0.2, 0.25) is 0 Å². The van der Waals surface area contributed by atoms with Crippen molar-refractivity contribution in [2.45, 2.75) is 39.1 Å². The van der Waals surface area contributed by atoms with E-state index >= 15 is 0 Å². The Morgan fingerprint density at radius 1 is 1.50 bits per heavy atom. The Kier molecular flexibility index (Phi) is 3.74. The second-order valence-electron chi connectivity index (χ2n) is 5.72. The van der Waals surface area contributed by atoms with Crippen molar-refractivity contribution in [3.63, 3.8) is 0 Å². The van der Waals surface area contributed by atoms with Crippen molar-refractivity contribution in [1.82, 2.24) is 9.38 Å². The van der Waals surface area contributed by atoms with Crippen LogP contribution in [0.2, 0.25) is 0 Å². The van der Waals surface area contributed by atoms with Crippen LogP contribution in [0.1, 0.15) is 33.4 Å². The van der Waals surface area contributed by atoms with Gasteiger partial charge < -0.3 is 4.90 Å². The largest absolute Gasteiger partial charge is 0.355 e. The standard InChI is InChI=1S/C13H20BrN3S/c1-9(13(2,3)4)16(5)11-10(8-14)17-6-7-18-12(17)15-11/h6-7,9H,8H2,1-5H3. The van der Waals surface area contributed by atoms with Crippen molar-refractivity contribution in [2.24, 2.45) is 5.41 Å². The summed E-state index contributed by atoms with van der Waals surface area (Å²) in [7, 11) is 2.13. The van der Waals surface area contributed by atoms with Crippen LogP contribution in [0, 0.1) is 5.41 Å². The number of fused-ring (bicyclic) bond motifs is 1. The molecule has 2 aromatic heterocycles. The van der Waals surface area contributed by atoms with E-state index in [1.54, 1.807) is 11.3 Å². The molecule has 0 amide bonds. The highest BCUT2D eigenvalue weighted by molar-refractivity contribution is 9.08. The minimum atomic E-state index is 0.232. The van der Waals surface area contributed by atoms with Crippen LogP contribution in [0.3, 0.4) is 0 Å². The zero-order valence-electron chi connectivity index (χ0n) is 11.6. The van der Waals surface area contributed by atoms with Gasteiger partial charge in [0.15, 0.2) is 10.8 Å². The smallest absolute Gasteiger partial charge is 0.195 e. The topological polar surface area (TPSA) is 20.5 Å². The zero-order valence-corrected chi connectivity index (χ0v) is 14.0. The number of alkyl halides is 1. The molecular weight excluding hydrogens is 310 g/mol. The first-order chi connectivity index (χ1) is 8.36. The van der Waals surface area contributed by atoms with E-state index in [-0.39, 0.29) is 5.41 Å². The second-order valence-corrected chi connectivity index (χ2v) is 7.16. The average Bonchev–Trinajstić information content (AvgIpc) is 2.84. The number of hydrogen-bond donors (Lipinski definition) is 0. The summed E-state index contributed by atoms with van der Waals surface area (Å²) in [6, 6.07) is 0.430. The summed E-state index contributed by atoms with van der Waals surface area (Å²) in [6.07, 6.45) is 2.09. The molecule has 5 heteroatoms. The molecule has 1 atom stereocenters. The van der Waals surface area contributed by atoms with E-state index in [0.29, 0.717) is 6.04 Å². The lowest BCUT2D eigenvalue weighted by atomic mass is 9.87. The molecule has 0 saturated heterocycles. The molecule has 1 unspecified atom stereocenters. The maximum absolute atomic E-state index is 4.76. The van der Waals surface area contributed by atoms with Gasteiger partial charge in [-0.05, 0) is 12.3 Å². The van der Waals surface area contributed by atoms with Crippen molar-refractivity contribution in [2.75, 3.05) is 11.9 Å². The molecule has 2 heterocycles. The Hall–Kier alpha value is -0.550. The summed E-state index contributed by atoms with van der Waals surface area (Å²) in [5.41, 5.74) is 1.46. The Morgan fingerprint density at radius 2 is 2.17 bits per heavy atom. The first-order valence-corrected chi connectivity index (χ1v) is 8.09. The minimum Gasteiger partial charge on any atom is -0.355 e. The molecule has 0 spiro atoms. The van der Waals surface area contributed by atoms with Crippen molar-refractivity contribution < 1.29 is 0 Å². The fourth-order valence-electron chi connectivity index (χ4n) is 1.99. The molecule has 0 aliphatic carbocycles. The quantitative estimate of drug-likeness (QED) is 0.788. The Labute approximate surface area is 121 Å². The first-order valence-electron chi connectivity index (χ1n) is 6.09.